The first-order chi connectivity index (χ1) is 17.4. The van der Waals surface area contributed by atoms with E-state index in [0.717, 1.165) is 24.8 Å². The average molecular weight is 526 g/mol. The van der Waals surface area contributed by atoms with Crippen LogP contribution in [0.5, 0.6) is 17.2 Å². The van der Waals surface area contributed by atoms with E-state index in [1.165, 1.54) is 0 Å². The standard InChI is InChI=1S/C28H25Cl2NO5/c29-19-7-1-16(2-8-19)13-24(17-3-4-17)31-27(32)18-5-9-20(10-6-18)36-26-15-25-22(14-23(26)30)21(28(33)34)11-12-35-25/h1-2,5-10,14-15,17,21,24H,3-4,11-13H2,(H,31,32)(H,33,34). The molecule has 5 rings (SSSR count). The van der Waals surface area contributed by atoms with Crippen molar-refractivity contribution in [1.82, 2.24) is 5.32 Å². The van der Waals surface area contributed by atoms with Gasteiger partial charge in [-0.3, -0.25) is 9.59 Å². The van der Waals surface area contributed by atoms with Crippen molar-refractivity contribution in [3.63, 3.8) is 0 Å². The van der Waals surface area contributed by atoms with E-state index < -0.39 is 11.9 Å². The smallest absolute Gasteiger partial charge is 0.311 e. The fraction of sp³-hybridized carbons (Fsp3) is 0.286. The molecule has 8 heteroatoms. The van der Waals surface area contributed by atoms with Crippen molar-refractivity contribution >= 4 is 35.1 Å². The van der Waals surface area contributed by atoms with Crippen LogP contribution in [0, 0.1) is 5.92 Å². The number of ether oxygens (including phenoxy) is 2. The molecule has 3 aromatic rings. The lowest BCUT2D eigenvalue weighted by Crippen LogP contribution is -2.38. The lowest BCUT2D eigenvalue weighted by molar-refractivity contribution is -0.139. The lowest BCUT2D eigenvalue weighted by Gasteiger charge is -2.24. The molecule has 2 aliphatic rings. The van der Waals surface area contributed by atoms with Crippen LogP contribution in [0.2, 0.25) is 10.0 Å². The number of carboxylic acids is 1. The summed E-state index contributed by atoms with van der Waals surface area (Å²) in [5.74, 6) is 0.103. The lowest BCUT2D eigenvalue weighted by atomic mass is 9.93. The summed E-state index contributed by atoms with van der Waals surface area (Å²) in [6.45, 7) is 0.314. The summed E-state index contributed by atoms with van der Waals surface area (Å²) in [7, 11) is 0. The zero-order valence-electron chi connectivity index (χ0n) is 19.4. The van der Waals surface area contributed by atoms with E-state index in [1.54, 1.807) is 36.4 Å². The molecule has 1 fully saturated rings. The molecule has 186 valence electrons. The van der Waals surface area contributed by atoms with Crippen LogP contribution in [0.3, 0.4) is 0 Å². The Hall–Kier alpha value is -3.22. The van der Waals surface area contributed by atoms with Crippen LogP contribution in [0.25, 0.3) is 0 Å². The highest BCUT2D eigenvalue weighted by atomic mass is 35.5. The predicted molar refractivity (Wildman–Crippen MR) is 138 cm³/mol. The minimum atomic E-state index is -0.907. The van der Waals surface area contributed by atoms with E-state index in [4.69, 9.17) is 32.7 Å². The minimum Gasteiger partial charge on any atom is -0.493 e. The largest absolute Gasteiger partial charge is 0.493 e. The molecule has 0 radical (unpaired) electrons. The second kappa shape index (κ2) is 10.4. The second-order valence-corrected chi connectivity index (χ2v) is 10.1. The average Bonchev–Trinajstić information content (AvgIpc) is 3.71. The number of carbonyl (C=O) groups excluding carboxylic acids is 1. The molecule has 0 saturated heterocycles. The molecule has 1 heterocycles. The molecule has 1 aliphatic carbocycles. The molecule has 6 nitrogen and oxygen atoms in total. The molecule has 1 saturated carbocycles. The van der Waals surface area contributed by atoms with Crippen molar-refractivity contribution in [2.45, 2.75) is 37.6 Å². The predicted octanol–water partition coefficient (Wildman–Crippen LogP) is 6.49. The van der Waals surface area contributed by atoms with E-state index in [-0.39, 0.29) is 11.9 Å². The molecule has 0 spiro atoms. The van der Waals surface area contributed by atoms with Crippen LogP contribution in [0.15, 0.2) is 60.7 Å². The molecule has 0 bridgehead atoms. The molecule has 1 aliphatic heterocycles. The number of nitrogens with one attached hydrogen (secondary N) is 1. The van der Waals surface area contributed by atoms with Crippen LogP contribution in [-0.4, -0.2) is 29.6 Å². The molecule has 1 amide bonds. The van der Waals surface area contributed by atoms with Crippen LogP contribution in [0.1, 0.15) is 46.7 Å². The van der Waals surface area contributed by atoms with Crippen molar-refractivity contribution < 1.29 is 24.2 Å². The number of carbonyl (C=O) groups is 2. The summed E-state index contributed by atoms with van der Waals surface area (Å²) in [5, 5.41) is 13.6. The number of amides is 1. The summed E-state index contributed by atoms with van der Waals surface area (Å²) in [5.41, 5.74) is 2.22. The molecule has 2 unspecified atom stereocenters. The van der Waals surface area contributed by atoms with Crippen molar-refractivity contribution in [1.29, 1.82) is 0 Å². The van der Waals surface area contributed by atoms with Gasteiger partial charge in [-0.1, -0.05) is 35.3 Å². The second-order valence-electron chi connectivity index (χ2n) is 9.22. The van der Waals surface area contributed by atoms with E-state index in [0.29, 0.717) is 57.4 Å². The SMILES string of the molecule is O=C(NC(Cc1ccc(Cl)cc1)C1CC1)c1ccc(Oc2cc3c(cc2Cl)C(C(=O)O)CCO3)cc1. The Morgan fingerprint density at radius 1 is 1.03 bits per heavy atom. The number of hydrogen-bond donors (Lipinski definition) is 2. The van der Waals surface area contributed by atoms with Gasteiger partial charge in [-0.25, -0.2) is 0 Å². The van der Waals surface area contributed by atoms with Crippen LogP contribution in [0.4, 0.5) is 0 Å². The Labute approximate surface area is 219 Å². The van der Waals surface area contributed by atoms with Gasteiger partial charge in [0.05, 0.1) is 17.5 Å². The fourth-order valence-corrected chi connectivity index (χ4v) is 4.82. The van der Waals surface area contributed by atoms with Crippen LogP contribution < -0.4 is 14.8 Å². The van der Waals surface area contributed by atoms with Crippen molar-refractivity contribution in [3.8, 4) is 17.2 Å². The molecule has 36 heavy (non-hydrogen) atoms. The van der Waals surface area contributed by atoms with Crippen LogP contribution >= 0.6 is 23.2 Å². The third kappa shape index (κ3) is 5.61. The van der Waals surface area contributed by atoms with Crippen molar-refractivity contribution in [2.75, 3.05) is 6.61 Å². The first kappa shape index (κ1) is 24.5. The quantitative estimate of drug-likeness (QED) is 0.351. The monoisotopic (exact) mass is 525 g/mol. The Kier molecular flexibility index (Phi) is 7.08. The van der Waals surface area contributed by atoms with Crippen molar-refractivity contribution in [2.24, 2.45) is 5.92 Å². The highest BCUT2D eigenvalue weighted by Gasteiger charge is 2.32. The summed E-state index contributed by atoms with van der Waals surface area (Å²) in [6.07, 6.45) is 3.38. The van der Waals surface area contributed by atoms with Gasteiger partial charge in [0.2, 0.25) is 0 Å². The molecular weight excluding hydrogens is 501 g/mol. The first-order valence-electron chi connectivity index (χ1n) is 11.9. The number of hydrogen-bond acceptors (Lipinski definition) is 4. The molecule has 0 aromatic heterocycles. The first-order valence-corrected chi connectivity index (χ1v) is 12.7. The van der Waals surface area contributed by atoms with E-state index >= 15 is 0 Å². The number of aliphatic carboxylic acids is 1. The summed E-state index contributed by atoms with van der Waals surface area (Å²) < 4.78 is 11.6. The normalized spacial score (nSPS) is 17.4. The number of carboxylic acid groups (broad SMARTS) is 1. The summed E-state index contributed by atoms with van der Waals surface area (Å²) >= 11 is 12.4. The molecule has 2 atom stereocenters. The number of rotatable bonds is 8. The van der Waals surface area contributed by atoms with Crippen LogP contribution in [-0.2, 0) is 11.2 Å². The maximum absolute atomic E-state index is 12.9. The van der Waals surface area contributed by atoms with Gasteiger partial charge in [-0.05, 0) is 79.6 Å². The van der Waals surface area contributed by atoms with Gasteiger partial charge in [-0.15, -0.1) is 0 Å². The van der Waals surface area contributed by atoms with Gasteiger partial charge < -0.3 is 19.9 Å². The Morgan fingerprint density at radius 3 is 2.42 bits per heavy atom. The molecule has 2 N–H and O–H groups in total. The number of benzene rings is 3. The Balaban J connectivity index is 1.25. The summed E-state index contributed by atoms with van der Waals surface area (Å²) in [4.78, 5) is 24.5. The topological polar surface area (TPSA) is 84.9 Å². The highest BCUT2D eigenvalue weighted by Crippen LogP contribution is 2.42. The van der Waals surface area contributed by atoms with Crippen molar-refractivity contribution in [3.05, 3.63) is 87.4 Å². The zero-order valence-corrected chi connectivity index (χ0v) is 20.9. The number of halogens is 2. The van der Waals surface area contributed by atoms with Gasteiger partial charge in [0, 0.05) is 28.3 Å². The highest BCUT2D eigenvalue weighted by molar-refractivity contribution is 6.32. The Bertz CT molecular complexity index is 1270. The van der Waals surface area contributed by atoms with Gasteiger partial charge in [0.25, 0.3) is 5.91 Å². The fourth-order valence-electron chi connectivity index (χ4n) is 4.49. The Morgan fingerprint density at radius 2 is 1.75 bits per heavy atom. The van der Waals surface area contributed by atoms with Gasteiger partial charge in [-0.2, -0.15) is 0 Å². The molecule has 3 aromatic carbocycles. The number of fused-ring (bicyclic) bond motifs is 1. The minimum absolute atomic E-state index is 0.0681. The maximum Gasteiger partial charge on any atom is 0.311 e. The van der Waals surface area contributed by atoms with E-state index in [9.17, 15) is 14.7 Å². The van der Waals surface area contributed by atoms with E-state index in [2.05, 4.69) is 5.32 Å². The van der Waals surface area contributed by atoms with Gasteiger partial charge in [0.1, 0.15) is 17.2 Å². The van der Waals surface area contributed by atoms with Gasteiger partial charge in [0.15, 0.2) is 0 Å². The van der Waals surface area contributed by atoms with Gasteiger partial charge >= 0.3 is 5.97 Å². The summed E-state index contributed by atoms with van der Waals surface area (Å²) in [6, 6.07) is 17.8. The van der Waals surface area contributed by atoms with E-state index in [1.807, 2.05) is 24.3 Å². The maximum atomic E-state index is 12.9. The zero-order chi connectivity index (χ0) is 25.2. The third-order valence-electron chi connectivity index (χ3n) is 6.62. The third-order valence-corrected chi connectivity index (χ3v) is 7.17. The molecular formula is C28H25Cl2NO5.